The Balaban J connectivity index is 0.00000320. The molecule has 0 bridgehead atoms. The maximum Gasteiger partial charge on any atom is 0.305 e. The number of carboxylic acid groups (broad SMARTS) is 1. The highest BCUT2D eigenvalue weighted by molar-refractivity contribution is 5.80. The molecule has 1 saturated heterocycles. The number of carboxylic acids is 1. The number of carbonyl (C=O) groups is 2. The highest BCUT2D eigenvalue weighted by Gasteiger charge is 2.29. The number of nitrogens with zero attached hydrogens (tertiary/aromatic N) is 2. The maximum atomic E-state index is 12.5. The molecule has 0 radical (unpaired) electrons. The Morgan fingerprint density at radius 3 is 2.47 bits per heavy atom. The van der Waals surface area contributed by atoms with E-state index in [0.29, 0.717) is 19.3 Å². The molecule has 0 unspecified atom stereocenters. The van der Waals surface area contributed by atoms with Crippen molar-refractivity contribution in [1.29, 1.82) is 0 Å². The van der Waals surface area contributed by atoms with Gasteiger partial charge in [-0.05, 0) is 50.0 Å². The molecule has 11 heteroatoms. The number of rotatable bonds is 8. The van der Waals surface area contributed by atoms with Gasteiger partial charge in [0.15, 0.2) is 0 Å². The quantitative estimate of drug-likeness (QED) is 0.303. The number of phenolic OH excluding ortho intramolecular Hbond substituents is 1. The van der Waals surface area contributed by atoms with Crippen molar-refractivity contribution in [2.24, 2.45) is 11.7 Å². The fourth-order valence-corrected chi connectivity index (χ4v) is 3.26. The molecule has 1 fully saturated rings. The van der Waals surface area contributed by atoms with Crippen LogP contribution in [0.25, 0.3) is 0 Å². The molecule has 0 saturated carbocycles. The SMILES string of the molecule is N[C@@H](Cc1ccc(O)cc1)c1nnc([C@H](CC(=O)O)NC(=O)C2CCNCC2)o1.[Cl-]. The van der Waals surface area contributed by atoms with Gasteiger partial charge < -0.3 is 43.4 Å². The number of hydrogen-bond donors (Lipinski definition) is 5. The Bertz CT molecular complexity index is 838. The molecular weight excluding hydrogens is 414 g/mol. The van der Waals surface area contributed by atoms with Crippen LogP contribution in [-0.4, -0.2) is 45.4 Å². The van der Waals surface area contributed by atoms with E-state index in [9.17, 15) is 19.8 Å². The van der Waals surface area contributed by atoms with Crippen LogP contribution in [0.2, 0.25) is 0 Å². The summed E-state index contributed by atoms with van der Waals surface area (Å²) in [4.78, 5) is 23.8. The van der Waals surface area contributed by atoms with Crippen LogP contribution < -0.4 is 28.8 Å². The van der Waals surface area contributed by atoms with Crippen molar-refractivity contribution in [2.75, 3.05) is 13.1 Å². The van der Waals surface area contributed by atoms with Gasteiger partial charge in [-0.2, -0.15) is 0 Å². The Hall–Kier alpha value is -2.69. The highest BCUT2D eigenvalue weighted by atomic mass is 35.5. The summed E-state index contributed by atoms with van der Waals surface area (Å²) in [7, 11) is 0. The maximum absolute atomic E-state index is 12.5. The molecule has 1 aromatic heterocycles. The first-order valence-corrected chi connectivity index (χ1v) is 9.52. The average molecular weight is 439 g/mol. The number of aromatic nitrogens is 2. The van der Waals surface area contributed by atoms with Gasteiger partial charge in [0, 0.05) is 5.92 Å². The van der Waals surface area contributed by atoms with Crippen LogP contribution in [0.4, 0.5) is 0 Å². The summed E-state index contributed by atoms with van der Waals surface area (Å²) in [6.45, 7) is 1.50. The van der Waals surface area contributed by atoms with E-state index >= 15 is 0 Å². The summed E-state index contributed by atoms with van der Waals surface area (Å²) in [5, 5.41) is 32.3. The molecule has 2 aromatic rings. The fraction of sp³-hybridized carbons (Fsp3) is 0.474. The molecule has 0 spiro atoms. The molecule has 1 aromatic carbocycles. The number of phenols is 1. The van der Waals surface area contributed by atoms with Crippen molar-refractivity contribution < 1.29 is 36.6 Å². The Morgan fingerprint density at radius 1 is 1.20 bits per heavy atom. The fourth-order valence-electron chi connectivity index (χ4n) is 3.26. The number of nitrogens with one attached hydrogen (secondary N) is 2. The van der Waals surface area contributed by atoms with E-state index in [-0.39, 0.29) is 48.2 Å². The first-order valence-electron chi connectivity index (χ1n) is 9.52. The Labute approximate surface area is 179 Å². The summed E-state index contributed by atoms with van der Waals surface area (Å²) in [6.07, 6.45) is 1.41. The van der Waals surface area contributed by atoms with Gasteiger partial charge in [-0.1, -0.05) is 12.1 Å². The molecule has 10 nitrogen and oxygen atoms in total. The number of amides is 1. The minimum Gasteiger partial charge on any atom is -1.00 e. The van der Waals surface area contributed by atoms with Crippen LogP contribution in [0.15, 0.2) is 28.7 Å². The number of aromatic hydroxyl groups is 1. The zero-order valence-corrected chi connectivity index (χ0v) is 17.0. The van der Waals surface area contributed by atoms with Crippen LogP contribution in [0.3, 0.4) is 0 Å². The average Bonchev–Trinajstić information content (AvgIpc) is 3.20. The number of aliphatic carboxylic acids is 1. The van der Waals surface area contributed by atoms with E-state index in [2.05, 4.69) is 20.8 Å². The van der Waals surface area contributed by atoms with Gasteiger partial charge in [0.05, 0.1) is 12.5 Å². The van der Waals surface area contributed by atoms with Gasteiger partial charge >= 0.3 is 5.97 Å². The van der Waals surface area contributed by atoms with Crippen molar-refractivity contribution in [3.05, 3.63) is 41.6 Å². The van der Waals surface area contributed by atoms with Crippen molar-refractivity contribution in [1.82, 2.24) is 20.8 Å². The first kappa shape index (κ1) is 23.6. The van der Waals surface area contributed by atoms with Gasteiger partial charge in [0.2, 0.25) is 17.7 Å². The van der Waals surface area contributed by atoms with Gasteiger partial charge in [-0.3, -0.25) is 9.59 Å². The lowest BCUT2D eigenvalue weighted by atomic mass is 9.96. The predicted molar refractivity (Wildman–Crippen MR) is 102 cm³/mol. The normalized spacial score (nSPS) is 16.3. The van der Waals surface area contributed by atoms with Crippen molar-refractivity contribution >= 4 is 11.9 Å². The summed E-state index contributed by atoms with van der Waals surface area (Å²) < 4.78 is 5.61. The molecule has 0 aliphatic carbocycles. The lowest BCUT2D eigenvalue weighted by Crippen LogP contribution is -3.00. The second-order valence-corrected chi connectivity index (χ2v) is 7.14. The van der Waals surface area contributed by atoms with Crippen LogP contribution in [0.1, 0.15) is 48.7 Å². The van der Waals surface area contributed by atoms with Gasteiger partial charge in [-0.25, -0.2) is 0 Å². The Morgan fingerprint density at radius 2 is 1.83 bits per heavy atom. The number of nitrogens with two attached hydrogens (primary N) is 1. The zero-order chi connectivity index (χ0) is 20.8. The molecule has 1 aliphatic heterocycles. The van der Waals surface area contributed by atoms with Crippen LogP contribution in [-0.2, 0) is 16.0 Å². The van der Waals surface area contributed by atoms with Crippen molar-refractivity contribution in [2.45, 2.75) is 37.8 Å². The lowest BCUT2D eigenvalue weighted by Gasteiger charge is -2.23. The molecule has 6 N–H and O–H groups in total. The van der Waals surface area contributed by atoms with E-state index in [1.54, 1.807) is 24.3 Å². The number of benzene rings is 1. The summed E-state index contributed by atoms with van der Waals surface area (Å²) in [5.74, 6) is -1.15. The van der Waals surface area contributed by atoms with Gasteiger partial charge in [0.1, 0.15) is 11.8 Å². The number of halogens is 1. The smallest absolute Gasteiger partial charge is 0.305 e. The number of carbonyl (C=O) groups excluding carboxylic acids is 1. The van der Waals surface area contributed by atoms with Crippen molar-refractivity contribution in [3.8, 4) is 5.75 Å². The summed E-state index contributed by atoms with van der Waals surface area (Å²) in [6, 6.07) is 5.06. The van der Waals surface area contributed by atoms with Gasteiger partial charge in [0.25, 0.3) is 0 Å². The van der Waals surface area contributed by atoms with Crippen molar-refractivity contribution in [3.63, 3.8) is 0 Å². The summed E-state index contributed by atoms with van der Waals surface area (Å²) >= 11 is 0. The summed E-state index contributed by atoms with van der Waals surface area (Å²) in [5.41, 5.74) is 7.00. The van der Waals surface area contributed by atoms with E-state index in [0.717, 1.165) is 18.7 Å². The lowest BCUT2D eigenvalue weighted by molar-refractivity contribution is -0.138. The minimum atomic E-state index is -1.09. The molecular formula is C19H25ClN5O5-. The predicted octanol–water partition coefficient (Wildman–Crippen LogP) is -2.35. The van der Waals surface area contributed by atoms with E-state index in [4.69, 9.17) is 10.2 Å². The Kier molecular flexibility index (Phi) is 8.58. The molecule has 2 heterocycles. The van der Waals surface area contributed by atoms with Gasteiger partial charge in [-0.15, -0.1) is 10.2 Å². The van der Waals surface area contributed by atoms with Crippen LogP contribution >= 0.6 is 0 Å². The third-order valence-corrected chi connectivity index (χ3v) is 4.87. The molecule has 30 heavy (non-hydrogen) atoms. The topological polar surface area (TPSA) is 164 Å². The molecule has 3 rings (SSSR count). The monoisotopic (exact) mass is 438 g/mol. The molecule has 1 amide bonds. The van der Waals surface area contributed by atoms with E-state index < -0.39 is 18.1 Å². The second kappa shape index (κ2) is 10.9. The van der Waals surface area contributed by atoms with Crippen LogP contribution in [0.5, 0.6) is 5.75 Å². The second-order valence-electron chi connectivity index (χ2n) is 7.14. The number of hydrogen-bond acceptors (Lipinski definition) is 8. The largest absolute Gasteiger partial charge is 1.00 e. The minimum absolute atomic E-state index is 0. The third kappa shape index (κ3) is 6.41. The molecule has 1 aliphatic rings. The van der Waals surface area contributed by atoms with E-state index in [1.165, 1.54) is 0 Å². The third-order valence-electron chi connectivity index (χ3n) is 4.87. The first-order chi connectivity index (χ1) is 13.9. The zero-order valence-electron chi connectivity index (χ0n) is 16.3. The molecule has 2 atom stereocenters. The van der Waals surface area contributed by atoms with E-state index in [1.807, 2.05) is 0 Å². The molecule has 164 valence electrons. The number of piperidine rings is 1. The standard InChI is InChI=1S/C19H25N5O5.ClH/c20-14(9-11-1-3-13(25)4-2-11)18-23-24-19(29-18)15(10-16(26)27)22-17(28)12-5-7-21-8-6-12;/h1-4,12,14-15,21,25H,5-10,20H2,(H,22,28)(H,26,27);1H/p-1/t14-,15-;/m0./s1. The highest BCUT2D eigenvalue weighted by Crippen LogP contribution is 2.22. The van der Waals surface area contributed by atoms with Crippen LogP contribution in [0, 0.1) is 5.92 Å².